The van der Waals surface area contributed by atoms with Crippen LogP contribution in [-0.4, -0.2) is 90.5 Å². The maximum atomic E-state index is 15.1. The topological polar surface area (TPSA) is 168 Å². The van der Waals surface area contributed by atoms with Gasteiger partial charge in [0, 0.05) is 36.7 Å². The predicted molar refractivity (Wildman–Crippen MR) is 212 cm³/mol. The maximum Gasteiger partial charge on any atom is 0.307 e. The summed E-state index contributed by atoms with van der Waals surface area (Å²) in [6.07, 6.45) is 7.41. The number of ketones is 1. The van der Waals surface area contributed by atoms with Crippen LogP contribution in [0.5, 0.6) is 17.4 Å². The third kappa shape index (κ3) is 8.93. The minimum Gasteiger partial charge on any atom is -0.486 e. The van der Waals surface area contributed by atoms with Gasteiger partial charge in [-0.05, 0) is 88.3 Å². The average Bonchev–Trinajstić information content (AvgIpc) is 4.10. The molecule has 59 heavy (non-hydrogen) atoms. The molecule has 2 aromatic rings. The van der Waals surface area contributed by atoms with Gasteiger partial charge in [0.25, 0.3) is 5.92 Å². The number of amides is 2. The number of nitrogens with one attached hydrogen (secondary N) is 1. The molecule has 2 amide bonds. The number of allylic oxidation sites excluding steroid dienone is 2. The van der Waals surface area contributed by atoms with Gasteiger partial charge >= 0.3 is 5.97 Å². The second-order valence-corrected chi connectivity index (χ2v) is 19.7. The molecular formula is C43H55F2N3O10S. The van der Waals surface area contributed by atoms with E-state index in [0.717, 1.165) is 20.3 Å². The van der Waals surface area contributed by atoms with Crippen LogP contribution >= 0.6 is 0 Å². The van der Waals surface area contributed by atoms with E-state index in [-0.39, 0.29) is 49.4 Å². The Morgan fingerprint density at radius 1 is 1.05 bits per heavy atom. The summed E-state index contributed by atoms with van der Waals surface area (Å²) in [5.41, 5.74) is -3.48. The van der Waals surface area contributed by atoms with E-state index in [9.17, 15) is 31.6 Å². The predicted octanol–water partition coefficient (Wildman–Crippen LogP) is 6.31. The lowest BCUT2D eigenvalue weighted by Gasteiger charge is -2.35. The molecule has 7 atom stereocenters. The second-order valence-electron chi connectivity index (χ2n) is 17.8. The van der Waals surface area contributed by atoms with Crippen molar-refractivity contribution in [1.82, 2.24) is 14.6 Å². The first-order chi connectivity index (χ1) is 27.8. The Hall–Kier alpha value is -4.34. The van der Waals surface area contributed by atoms with Gasteiger partial charge in [-0.25, -0.2) is 22.2 Å². The smallest absolute Gasteiger partial charge is 0.307 e. The zero-order valence-electron chi connectivity index (χ0n) is 34.3. The molecule has 0 spiro atoms. The van der Waals surface area contributed by atoms with Gasteiger partial charge in [0.05, 0.1) is 35.6 Å². The molecule has 3 fully saturated rings. The van der Waals surface area contributed by atoms with Crippen molar-refractivity contribution < 1.29 is 55.3 Å². The number of carbonyl (C=O) groups is 4. The number of alkyl halides is 2. The SMILES string of the molecule is CC[C@@H]1C[C@@H](C)CC/C=C\[C@@H]2C[C@@]2(C(=O)NS(=O)(=O)C2CC2)CC(=O)[C@@H]2C[C@@H](Oc3nccc4c5c(ccc34)OCCO5)CN2C(=O)[C@H]1CC(=O)OC(C)(C)C(C)(F)F. The van der Waals surface area contributed by atoms with Crippen LogP contribution in [0.4, 0.5) is 8.78 Å². The fraction of sp³-hybridized carbons (Fsp3) is 0.651. The molecular weight excluding hydrogens is 789 g/mol. The number of carbonyl (C=O) groups excluding carboxylic acids is 4. The minimum atomic E-state index is -3.92. The Morgan fingerprint density at radius 3 is 2.51 bits per heavy atom. The maximum absolute atomic E-state index is 15.1. The fourth-order valence-corrected chi connectivity index (χ4v) is 10.2. The van der Waals surface area contributed by atoms with Crippen molar-refractivity contribution in [2.45, 2.75) is 128 Å². The number of fused-ring (bicyclic) bond motifs is 5. The Labute approximate surface area is 344 Å². The van der Waals surface area contributed by atoms with E-state index >= 15 is 4.79 Å². The normalized spacial score (nSPS) is 29.7. The highest BCUT2D eigenvalue weighted by Crippen LogP contribution is 2.57. The first-order valence-electron chi connectivity index (χ1n) is 20.8. The number of nitrogens with zero attached hydrogens (tertiary/aromatic N) is 2. The largest absolute Gasteiger partial charge is 0.486 e. The lowest BCUT2D eigenvalue weighted by atomic mass is 9.79. The number of ether oxygens (including phenoxy) is 4. The number of sulfonamides is 1. The minimum absolute atomic E-state index is 0.0191. The van der Waals surface area contributed by atoms with Gasteiger partial charge < -0.3 is 23.8 Å². The van der Waals surface area contributed by atoms with Gasteiger partial charge in [0.1, 0.15) is 19.3 Å². The Morgan fingerprint density at radius 2 is 1.80 bits per heavy atom. The molecule has 2 aliphatic carbocycles. The number of halogens is 2. The molecule has 1 aromatic carbocycles. The molecule has 1 N–H and O–H groups in total. The standard InChI is InChI=1S/C43H55F2N3O10S/c1-6-26-19-25(2)9-7-8-10-27-22-43(27,40(52)47-59(53,54)29-11-12-29)23-34(49)33-20-28(24-48(33)39(51)32(26)21-36(50)58-41(3,4)42(5,44)45)57-38-31-13-14-35-37(56-18-17-55-35)30(31)15-16-46-38/h8,10,13-16,25-29,32-33H,6-7,9,11-12,17-24H2,1-5H3,(H,47,52)/b10-8-/t25-,26+,27+,28+,32-,33-,43+/m0/s1. The highest BCUT2D eigenvalue weighted by atomic mass is 32.2. The second kappa shape index (κ2) is 16.3. The van der Waals surface area contributed by atoms with Crippen LogP contribution in [0, 0.1) is 29.1 Å². The quantitative estimate of drug-likeness (QED) is 0.210. The molecule has 1 saturated heterocycles. The van der Waals surface area contributed by atoms with Crippen LogP contribution in [-0.2, 0) is 33.9 Å². The summed E-state index contributed by atoms with van der Waals surface area (Å²) in [4.78, 5) is 63.2. The van der Waals surface area contributed by atoms with Crippen LogP contribution < -0.4 is 18.9 Å². The van der Waals surface area contributed by atoms with E-state index in [1.807, 2.05) is 26.0 Å². The van der Waals surface area contributed by atoms with E-state index in [2.05, 4.69) is 9.71 Å². The van der Waals surface area contributed by atoms with Crippen molar-refractivity contribution in [3.8, 4) is 17.4 Å². The Bertz CT molecular complexity index is 2120. The number of Topliss-reactive ketones (excluding diaryl/α,β-unsaturated/α-hetero) is 1. The number of aromatic nitrogens is 1. The first kappa shape index (κ1) is 42.8. The van der Waals surface area contributed by atoms with Crippen molar-refractivity contribution in [3.05, 3.63) is 36.5 Å². The number of pyridine rings is 1. The molecule has 0 bridgehead atoms. The zero-order chi connectivity index (χ0) is 42.5. The summed E-state index contributed by atoms with van der Waals surface area (Å²) in [7, 11) is -3.92. The van der Waals surface area contributed by atoms with Crippen molar-refractivity contribution in [2.24, 2.45) is 29.1 Å². The fourth-order valence-electron chi connectivity index (χ4n) is 8.83. The monoisotopic (exact) mass is 843 g/mol. The van der Waals surface area contributed by atoms with Crippen molar-refractivity contribution in [3.63, 3.8) is 0 Å². The molecule has 322 valence electrons. The molecule has 13 nitrogen and oxygen atoms in total. The molecule has 2 saturated carbocycles. The summed E-state index contributed by atoms with van der Waals surface area (Å²) in [5.74, 6) is -6.37. The molecule has 0 unspecified atom stereocenters. The lowest BCUT2D eigenvalue weighted by Crippen LogP contribution is -2.48. The Balaban J connectivity index is 1.24. The third-order valence-corrected chi connectivity index (χ3v) is 14.8. The highest BCUT2D eigenvalue weighted by Gasteiger charge is 2.62. The number of esters is 1. The van der Waals surface area contributed by atoms with Gasteiger partial charge in [-0.15, -0.1) is 0 Å². The van der Waals surface area contributed by atoms with Gasteiger partial charge in [-0.2, -0.15) is 0 Å². The van der Waals surface area contributed by atoms with Crippen LogP contribution in [0.15, 0.2) is 36.5 Å². The number of rotatable bonds is 10. The third-order valence-electron chi connectivity index (χ3n) is 13.0. The van der Waals surface area contributed by atoms with Gasteiger partial charge in [0.15, 0.2) is 22.9 Å². The first-order valence-corrected chi connectivity index (χ1v) is 22.4. The average molecular weight is 844 g/mol. The molecule has 1 aromatic heterocycles. The number of benzene rings is 1. The van der Waals surface area contributed by atoms with Crippen molar-refractivity contribution in [1.29, 1.82) is 0 Å². The Kier molecular flexibility index (Phi) is 11.8. The van der Waals surface area contributed by atoms with Gasteiger partial charge in [-0.1, -0.05) is 32.4 Å². The van der Waals surface area contributed by atoms with E-state index < -0.39 is 80.3 Å². The molecule has 3 aliphatic heterocycles. The molecule has 7 rings (SSSR count). The van der Waals surface area contributed by atoms with Gasteiger partial charge in [0.2, 0.25) is 27.7 Å². The van der Waals surface area contributed by atoms with Crippen LogP contribution in [0.3, 0.4) is 0 Å². The van der Waals surface area contributed by atoms with Crippen LogP contribution in [0.25, 0.3) is 10.8 Å². The summed E-state index contributed by atoms with van der Waals surface area (Å²) in [5, 5.41) is 0.676. The van der Waals surface area contributed by atoms with E-state index in [4.69, 9.17) is 18.9 Å². The number of hydrogen-bond donors (Lipinski definition) is 1. The van der Waals surface area contributed by atoms with Crippen LogP contribution in [0.2, 0.25) is 0 Å². The molecule has 16 heteroatoms. The van der Waals surface area contributed by atoms with E-state index in [1.54, 1.807) is 24.4 Å². The van der Waals surface area contributed by atoms with E-state index in [1.165, 1.54) is 4.90 Å². The molecule has 5 aliphatic rings. The lowest BCUT2D eigenvalue weighted by molar-refractivity contribution is -0.197. The van der Waals surface area contributed by atoms with Crippen LogP contribution in [0.1, 0.15) is 98.8 Å². The zero-order valence-corrected chi connectivity index (χ0v) is 35.2. The van der Waals surface area contributed by atoms with E-state index in [0.29, 0.717) is 74.5 Å². The van der Waals surface area contributed by atoms with Crippen molar-refractivity contribution >= 4 is 44.4 Å². The summed E-state index contributed by atoms with van der Waals surface area (Å²) in [6, 6.07) is 4.22. The summed E-state index contributed by atoms with van der Waals surface area (Å²) < 4.78 is 80.7. The van der Waals surface area contributed by atoms with Gasteiger partial charge in [-0.3, -0.25) is 23.9 Å². The molecule has 4 heterocycles. The number of hydrogen-bond acceptors (Lipinski definition) is 11. The molecule has 0 radical (unpaired) electrons. The van der Waals surface area contributed by atoms with Crippen molar-refractivity contribution in [2.75, 3.05) is 19.8 Å². The summed E-state index contributed by atoms with van der Waals surface area (Å²) >= 11 is 0. The summed E-state index contributed by atoms with van der Waals surface area (Å²) in [6.45, 7) is 7.56. The highest BCUT2D eigenvalue weighted by molar-refractivity contribution is 7.90.